The van der Waals surface area contributed by atoms with Gasteiger partial charge < -0.3 is 4.74 Å². The van der Waals surface area contributed by atoms with Gasteiger partial charge in [-0.2, -0.15) is 0 Å². The number of carbonyl (C=O) groups excluding carboxylic acids is 1. The van der Waals surface area contributed by atoms with E-state index in [4.69, 9.17) is 4.74 Å². The van der Waals surface area contributed by atoms with Gasteiger partial charge in [0.1, 0.15) is 12.1 Å². The zero-order chi connectivity index (χ0) is 16.9. The van der Waals surface area contributed by atoms with E-state index in [1.807, 2.05) is 66.1 Å². The minimum absolute atomic E-state index is 0.0702. The summed E-state index contributed by atoms with van der Waals surface area (Å²) >= 11 is 1.39. The van der Waals surface area contributed by atoms with Crippen molar-refractivity contribution in [3.8, 4) is 11.4 Å². The van der Waals surface area contributed by atoms with Crippen LogP contribution in [0.1, 0.15) is 17.3 Å². The third-order valence-corrected chi connectivity index (χ3v) is 4.61. The number of aromatic nitrogens is 3. The van der Waals surface area contributed by atoms with Crippen LogP contribution in [0.5, 0.6) is 5.75 Å². The molecule has 0 spiro atoms. The quantitative estimate of drug-likeness (QED) is 0.507. The first kappa shape index (κ1) is 16.3. The molecular weight excluding hydrogens is 322 g/mol. The van der Waals surface area contributed by atoms with Crippen LogP contribution in [0.4, 0.5) is 0 Å². The van der Waals surface area contributed by atoms with Gasteiger partial charge in [-0.3, -0.25) is 9.36 Å². The van der Waals surface area contributed by atoms with Crippen molar-refractivity contribution in [1.29, 1.82) is 0 Å². The molecule has 2 aromatic carbocycles. The van der Waals surface area contributed by atoms with Gasteiger partial charge in [-0.25, -0.2) is 0 Å². The Kier molecular flexibility index (Phi) is 4.96. The molecular formula is C18H17N3O2S. The second kappa shape index (κ2) is 7.31. The third kappa shape index (κ3) is 3.49. The van der Waals surface area contributed by atoms with Crippen molar-refractivity contribution >= 4 is 17.5 Å². The van der Waals surface area contributed by atoms with Gasteiger partial charge in [-0.1, -0.05) is 48.2 Å². The van der Waals surface area contributed by atoms with Crippen LogP contribution in [0.2, 0.25) is 0 Å². The number of ketones is 1. The van der Waals surface area contributed by atoms with Crippen LogP contribution in [0.15, 0.2) is 66.1 Å². The summed E-state index contributed by atoms with van der Waals surface area (Å²) in [5, 5.41) is 8.53. The highest BCUT2D eigenvalue weighted by molar-refractivity contribution is 8.00. The van der Waals surface area contributed by atoms with Gasteiger partial charge >= 0.3 is 0 Å². The zero-order valence-electron chi connectivity index (χ0n) is 13.4. The number of thioether (sulfide) groups is 1. The fourth-order valence-corrected chi connectivity index (χ4v) is 3.21. The summed E-state index contributed by atoms with van der Waals surface area (Å²) < 4.78 is 7.10. The highest BCUT2D eigenvalue weighted by Gasteiger charge is 2.19. The van der Waals surface area contributed by atoms with Crippen molar-refractivity contribution in [2.24, 2.45) is 0 Å². The highest BCUT2D eigenvalue weighted by atomic mass is 32.2. The van der Waals surface area contributed by atoms with Crippen molar-refractivity contribution in [2.45, 2.75) is 17.3 Å². The molecule has 3 aromatic rings. The first-order valence-electron chi connectivity index (χ1n) is 7.49. The molecule has 3 rings (SSSR count). The molecule has 1 atom stereocenters. The maximum absolute atomic E-state index is 12.5. The molecule has 0 bridgehead atoms. The molecule has 0 radical (unpaired) electrons. The SMILES string of the molecule is COc1cccc(-n2cnnc2SC(C)C(=O)c2ccccc2)c1. The summed E-state index contributed by atoms with van der Waals surface area (Å²) in [6.07, 6.45) is 1.64. The minimum atomic E-state index is -0.263. The van der Waals surface area contributed by atoms with Crippen molar-refractivity contribution in [3.05, 3.63) is 66.5 Å². The lowest BCUT2D eigenvalue weighted by molar-refractivity contribution is 0.0994. The molecule has 0 N–H and O–H groups in total. The first-order chi connectivity index (χ1) is 11.7. The molecule has 122 valence electrons. The Hall–Kier alpha value is -2.60. The largest absolute Gasteiger partial charge is 0.497 e. The fraction of sp³-hybridized carbons (Fsp3) is 0.167. The summed E-state index contributed by atoms with van der Waals surface area (Å²) in [7, 11) is 1.63. The van der Waals surface area contributed by atoms with Gasteiger partial charge in [0, 0.05) is 11.6 Å². The fourth-order valence-electron chi connectivity index (χ4n) is 2.29. The number of hydrogen-bond acceptors (Lipinski definition) is 5. The van der Waals surface area contributed by atoms with E-state index in [-0.39, 0.29) is 11.0 Å². The molecule has 1 unspecified atom stereocenters. The molecule has 5 nitrogen and oxygen atoms in total. The number of hydrogen-bond donors (Lipinski definition) is 0. The second-order valence-corrected chi connectivity index (χ2v) is 6.48. The molecule has 24 heavy (non-hydrogen) atoms. The van der Waals surface area contributed by atoms with Crippen LogP contribution >= 0.6 is 11.8 Å². The summed E-state index contributed by atoms with van der Waals surface area (Å²) in [5.41, 5.74) is 1.59. The average molecular weight is 339 g/mol. The smallest absolute Gasteiger partial charge is 0.196 e. The number of ether oxygens (including phenoxy) is 1. The average Bonchev–Trinajstić information content (AvgIpc) is 3.10. The number of nitrogens with zero attached hydrogens (tertiary/aromatic N) is 3. The molecule has 0 aliphatic carbocycles. The molecule has 1 aromatic heterocycles. The van der Waals surface area contributed by atoms with Gasteiger partial charge in [-0.15, -0.1) is 10.2 Å². The number of methoxy groups -OCH3 is 1. The predicted molar refractivity (Wildman–Crippen MR) is 94.0 cm³/mol. The lowest BCUT2D eigenvalue weighted by atomic mass is 10.1. The normalized spacial score (nSPS) is 11.9. The van der Waals surface area contributed by atoms with Crippen LogP contribution in [0, 0.1) is 0 Å². The van der Waals surface area contributed by atoms with Gasteiger partial charge in [0.25, 0.3) is 0 Å². The maximum atomic E-state index is 12.5. The van der Waals surface area contributed by atoms with E-state index < -0.39 is 0 Å². The van der Waals surface area contributed by atoms with Gasteiger partial charge in [0.15, 0.2) is 10.9 Å². The Morgan fingerprint density at radius 1 is 1.17 bits per heavy atom. The van der Waals surface area contributed by atoms with E-state index in [0.717, 1.165) is 11.4 Å². The van der Waals surface area contributed by atoms with Crippen molar-refractivity contribution < 1.29 is 9.53 Å². The van der Waals surface area contributed by atoms with Crippen molar-refractivity contribution in [3.63, 3.8) is 0 Å². The number of Topliss-reactive ketones (excluding diaryl/α,β-unsaturated/α-hetero) is 1. The monoisotopic (exact) mass is 339 g/mol. The van der Waals surface area contributed by atoms with Crippen LogP contribution in [-0.2, 0) is 0 Å². The summed E-state index contributed by atoms with van der Waals surface area (Å²) in [6, 6.07) is 16.9. The predicted octanol–water partition coefficient (Wildman–Crippen LogP) is 3.64. The van der Waals surface area contributed by atoms with Crippen LogP contribution in [0.25, 0.3) is 5.69 Å². The number of carbonyl (C=O) groups is 1. The van der Waals surface area contributed by atoms with E-state index >= 15 is 0 Å². The van der Waals surface area contributed by atoms with E-state index in [1.165, 1.54) is 11.8 Å². The molecule has 1 heterocycles. The Morgan fingerprint density at radius 3 is 2.71 bits per heavy atom. The molecule has 0 fully saturated rings. The maximum Gasteiger partial charge on any atom is 0.196 e. The third-order valence-electron chi connectivity index (χ3n) is 3.56. The summed E-state index contributed by atoms with van der Waals surface area (Å²) in [5.74, 6) is 0.825. The van der Waals surface area contributed by atoms with E-state index in [2.05, 4.69) is 10.2 Å². The van der Waals surface area contributed by atoms with Crippen LogP contribution < -0.4 is 4.74 Å². The first-order valence-corrected chi connectivity index (χ1v) is 8.37. The summed E-state index contributed by atoms with van der Waals surface area (Å²) in [6.45, 7) is 1.88. The second-order valence-electron chi connectivity index (χ2n) is 5.18. The Balaban J connectivity index is 1.81. The van der Waals surface area contributed by atoms with E-state index in [1.54, 1.807) is 13.4 Å². The van der Waals surface area contributed by atoms with Gasteiger partial charge in [-0.05, 0) is 19.1 Å². The molecule has 0 amide bonds. The zero-order valence-corrected chi connectivity index (χ0v) is 14.2. The lowest BCUT2D eigenvalue weighted by Gasteiger charge is -2.11. The topological polar surface area (TPSA) is 57.0 Å². The molecule has 0 saturated carbocycles. The number of rotatable bonds is 6. The van der Waals surface area contributed by atoms with E-state index in [9.17, 15) is 4.79 Å². The molecule has 0 saturated heterocycles. The Labute approximate surface area is 144 Å². The highest BCUT2D eigenvalue weighted by Crippen LogP contribution is 2.27. The number of benzene rings is 2. The minimum Gasteiger partial charge on any atom is -0.497 e. The lowest BCUT2D eigenvalue weighted by Crippen LogP contribution is -2.14. The Bertz CT molecular complexity index is 833. The molecule has 6 heteroatoms. The van der Waals surface area contributed by atoms with E-state index in [0.29, 0.717) is 10.7 Å². The van der Waals surface area contributed by atoms with Crippen LogP contribution in [0.3, 0.4) is 0 Å². The Morgan fingerprint density at radius 2 is 1.96 bits per heavy atom. The molecule has 0 aliphatic rings. The van der Waals surface area contributed by atoms with Crippen molar-refractivity contribution in [1.82, 2.24) is 14.8 Å². The van der Waals surface area contributed by atoms with Crippen LogP contribution in [-0.4, -0.2) is 32.9 Å². The molecule has 0 aliphatic heterocycles. The van der Waals surface area contributed by atoms with Gasteiger partial charge in [0.2, 0.25) is 0 Å². The standard InChI is InChI=1S/C18H17N3O2S/c1-13(17(22)14-7-4-3-5-8-14)24-18-20-19-12-21(18)15-9-6-10-16(11-15)23-2/h3-13H,1-2H3. The summed E-state index contributed by atoms with van der Waals surface area (Å²) in [4.78, 5) is 12.5. The van der Waals surface area contributed by atoms with Crippen molar-refractivity contribution in [2.75, 3.05) is 7.11 Å². The van der Waals surface area contributed by atoms with Gasteiger partial charge in [0.05, 0.1) is 18.0 Å².